The fourth-order valence-corrected chi connectivity index (χ4v) is 3.22. The fraction of sp³-hybridized carbons (Fsp3) is 0.667. The highest BCUT2D eigenvalue weighted by molar-refractivity contribution is 7.19. The quantitative estimate of drug-likeness (QED) is 0.748. The first-order valence-corrected chi connectivity index (χ1v) is 8.10. The van der Waals surface area contributed by atoms with Crippen molar-refractivity contribution < 1.29 is 14.3 Å². The smallest absolute Gasteiger partial charge is 0.178 e. The maximum atomic E-state index is 12.3. The molecule has 21 heavy (non-hydrogen) atoms. The minimum Gasteiger partial charge on any atom is -0.486 e. The maximum absolute atomic E-state index is 12.3. The fourth-order valence-electron chi connectivity index (χ4n) is 2.06. The van der Waals surface area contributed by atoms with E-state index in [2.05, 4.69) is 0 Å². The van der Waals surface area contributed by atoms with Gasteiger partial charge in [-0.05, 0) is 26.7 Å². The summed E-state index contributed by atoms with van der Waals surface area (Å²) in [6.07, 6.45) is 1.97. The molecule has 5 nitrogen and oxygen atoms in total. The Labute approximate surface area is 130 Å². The van der Waals surface area contributed by atoms with E-state index in [9.17, 15) is 4.79 Å². The van der Waals surface area contributed by atoms with Crippen LogP contribution in [-0.2, 0) is 4.74 Å². The number of carbonyl (C=O) groups excluding carboxylic acids is 1. The first-order chi connectivity index (χ1) is 9.95. The van der Waals surface area contributed by atoms with Crippen molar-refractivity contribution in [3.05, 3.63) is 4.88 Å². The summed E-state index contributed by atoms with van der Waals surface area (Å²) in [5.41, 5.74) is 6.68. The van der Waals surface area contributed by atoms with E-state index in [1.807, 2.05) is 25.8 Å². The zero-order chi connectivity index (χ0) is 15.6. The van der Waals surface area contributed by atoms with Gasteiger partial charge in [0.1, 0.15) is 5.00 Å². The number of carbonyl (C=O) groups is 1. The predicted molar refractivity (Wildman–Crippen MR) is 86.7 cm³/mol. The minimum absolute atomic E-state index is 0.0142. The molecule has 0 amide bonds. The van der Waals surface area contributed by atoms with Crippen LogP contribution in [-0.4, -0.2) is 39.2 Å². The van der Waals surface area contributed by atoms with Gasteiger partial charge in [0.15, 0.2) is 11.5 Å². The number of hydrogen-bond donors (Lipinski definition) is 1. The number of Topliss-reactive ketones (excluding diaryl/α,β-unsaturated/α-hetero) is 1. The van der Waals surface area contributed by atoms with Crippen LogP contribution in [0.25, 0.3) is 0 Å². The molecular formula is C15H24N2O3S. The summed E-state index contributed by atoms with van der Waals surface area (Å²) in [6, 6.07) is 0. The van der Waals surface area contributed by atoms with E-state index in [1.54, 1.807) is 7.11 Å². The van der Waals surface area contributed by atoms with Crippen LogP contribution in [0.15, 0.2) is 0 Å². The Balaban J connectivity index is 2.31. The number of ketones is 1. The molecule has 2 rings (SSSR count). The number of nitrogens with zero attached hydrogens (tertiary/aromatic N) is 1. The Hall–Kier alpha value is -1.27. The Morgan fingerprint density at radius 1 is 1.48 bits per heavy atom. The van der Waals surface area contributed by atoms with Crippen LogP contribution in [0.3, 0.4) is 0 Å². The largest absolute Gasteiger partial charge is 0.486 e. The summed E-state index contributed by atoms with van der Waals surface area (Å²) in [4.78, 5) is 15.0. The van der Waals surface area contributed by atoms with Gasteiger partial charge in [-0.25, -0.2) is 0 Å². The molecule has 0 atom stereocenters. The normalized spacial score (nSPS) is 14.5. The molecule has 0 spiro atoms. The highest BCUT2D eigenvalue weighted by Crippen LogP contribution is 2.47. The van der Waals surface area contributed by atoms with Crippen LogP contribution in [0.1, 0.15) is 36.4 Å². The van der Waals surface area contributed by atoms with Crippen molar-refractivity contribution in [2.75, 3.05) is 37.9 Å². The molecule has 1 fully saturated rings. The first kappa shape index (κ1) is 16.1. The number of nitrogens with two attached hydrogens (primary N) is 1. The van der Waals surface area contributed by atoms with Gasteiger partial charge in [-0.15, -0.1) is 11.3 Å². The lowest BCUT2D eigenvalue weighted by molar-refractivity contribution is 0.0972. The molecule has 0 aromatic carbocycles. The molecule has 1 aromatic rings. The zero-order valence-electron chi connectivity index (χ0n) is 13.1. The van der Waals surface area contributed by atoms with Crippen molar-refractivity contribution in [3.8, 4) is 5.75 Å². The summed E-state index contributed by atoms with van der Waals surface area (Å²) in [5.74, 6) is 0.963. The van der Waals surface area contributed by atoms with Crippen molar-refractivity contribution in [1.82, 2.24) is 0 Å². The van der Waals surface area contributed by atoms with E-state index in [1.165, 1.54) is 11.3 Å². The summed E-state index contributed by atoms with van der Waals surface area (Å²) in [5, 5.41) is 0.905. The first-order valence-electron chi connectivity index (χ1n) is 7.28. The summed E-state index contributed by atoms with van der Waals surface area (Å²) < 4.78 is 11.0. The van der Waals surface area contributed by atoms with Crippen LogP contribution in [0.4, 0.5) is 10.7 Å². The number of hydrogen-bond acceptors (Lipinski definition) is 6. The van der Waals surface area contributed by atoms with Gasteiger partial charge in [-0.3, -0.25) is 4.79 Å². The van der Waals surface area contributed by atoms with E-state index in [4.69, 9.17) is 15.2 Å². The van der Waals surface area contributed by atoms with Crippen molar-refractivity contribution in [3.63, 3.8) is 0 Å². The van der Waals surface area contributed by atoms with Gasteiger partial charge >= 0.3 is 0 Å². The van der Waals surface area contributed by atoms with Crippen molar-refractivity contribution >= 4 is 27.8 Å². The standard InChI is InChI=1S/C15H24N2O3S/c1-9(2)20-13-11(16)14(12(18)10-5-6-10)21-15(13)17(3)7-8-19-4/h9-10H,5-8,16H2,1-4H3. The summed E-state index contributed by atoms with van der Waals surface area (Å²) >= 11 is 1.43. The molecule has 1 aromatic heterocycles. The second kappa shape index (κ2) is 6.66. The van der Waals surface area contributed by atoms with Gasteiger partial charge < -0.3 is 20.1 Å². The molecular weight excluding hydrogens is 288 g/mol. The predicted octanol–water partition coefficient (Wildman–Crippen LogP) is 2.79. The third kappa shape index (κ3) is 3.68. The maximum Gasteiger partial charge on any atom is 0.178 e. The lowest BCUT2D eigenvalue weighted by Crippen LogP contribution is -2.22. The van der Waals surface area contributed by atoms with Crippen LogP contribution < -0.4 is 15.4 Å². The highest BCUT2D eigenvalue weighted by atomic mass is 32.1. The van der Waals surface area contributed by atoms with Gasteiger partial charge in [-0.2, -0.15) is 0 Å². The third-order valence-corrected chi connectivity index (χ3v) is 4.70. The number of nitrogen functional groups attached to an aromatic ring is 1. The molecule has 0 saturated heterocycles. The van der Waals surface area contributed by atoms with Gasteiger partial charge in [0.05, 0.1) is 23.3 Å². The van der Waals surface area contributed by atoms with E-state index in [0.717, 1.165) is 24.4 Å². The Kier molecular flexibility index (Phi) is 5.11. The third-order valence-electron chi connectivity index (χ3n) is 3.39. The number of rotatable bonds is 8. The van der Waals surface area contributed by atoms with E-state index < -0.39 is 0 Å². The van der Waals surface area contributed by atoms with Crippen molar-refractivity contribution in [1.29, 1.82) is 0 Å². The number of thiophene rings is 1. The second-order valence-electron chi connectivity index (χ2n) is 5.70. The lowest BCUT2D eigenvalue weighted by Gasteiger charge is -2.20. The van der Waals surface area contributed by atoms with E-state index >= 15 is 0 Å². The van der Waals surface area contributed by atoms with Crippen molar-refractivity contribution in [2.24, 2.45) is 5.92 Å². The molecule has 1 saturated carbocycles. The molecule has 0 unspecified atom stereocenters. The molecule has 0 radical (unpaired) electrons. The summed E-state index contributed by atoms with van der Waals surface area (Å²) in [7, 11) is 3.63. The molecule has 2 N–H and O–H groups in total. The molecule has 1 aliphatic carbocycles. The Bertz CT molecular complexity index is 509. The topological polar surface area (TPSA) is 64.8 Å². The van der Waals surface area contributed by atoms with Crippen LogP contribution >= 0.6 is 11.3 Å². The SMILES string of the molecule is COCCN(C)c1sc(C(=O)C2CC2)c(N)c1OC(C)C. The van der Waals surface area contributed by atoms with Gasteiger partial charge in [0.25, 0.3) is 0 Å². The number of ether oxygens (including phenoxy) is 2. The van der Waals surface area contributed by atoms with Crippen LogP contribution in [0.5, 0.6) is 5.75 Å². The Morgan fingerprint density at radius 3 is 2.67 bits per heavy atom. The second-order valence-corrected chi connectivity index (χ2v) is 6.70. The Morgan fingerprint density at radius 2 is 2.14 bits per heavy atom. The van der Waals surface area contributed by atoms with E-state index in [0.29, 0.717) is 22.9 Å². The van der Waals surface area contributed by atoms with Gasteiger partial charge in [0, 0.05) is 26.6 Å². The molecule has 1 aliphatic rings. The highest BCUT2D eigenvalue weighted by Gasteiger charge is 2.35. The van der Waals surface area contributed by atoms with Gasteiger partial charge in [0.2, 0.25) is 0 Å². The molecule has 1 heterocycles. The average molecular weight is 312 g/mol. The van der Waals surface area contributed by atoms with Crippen molar-refractivity contribution in [2.45, 2.75) is 32.8 Å². The van der Waals surface area contributed by atoms with Gasteiger partial charge in [-0.1, -0.05) is 0 Å². The molecule has 0 bridgehead atoms. The monoisotopic (exact) mass is 312 g/mol. The van der Waals surface area contributed by atoms with Crippen LogP contribution in [0.2, 0.25) is 0 Å². The van der Waals surface area contributed by atoms with Crippen LogP contribution in [0, 0.1) is 5.92 Å². The molecule has 6 heteroatoms. The number of anilines is 2. The number of methoxy groups -OCH3 is 1. The van der Waals surface area contributed by atoms with E-state index in [-0.39, 0.29) is 17.8 Å². The summed E-state index contributed by atoms with van der Waals surface area (Å²) in [6.45, 7) is 5.25. The minimum atomic E-state index is 0.0142. The molecule has 118 valence electrons. The molecule has 0 aliphatic heterocycles. The zero-order valence-corrected chi connectivity index (χ0v) is 14.0. The average Bonchev–Trinajstić information content (AvgIpc) is 3.22. The number of likely N-dealkylation sites (N-methyl/N-ethyl adjacent to an activating group) is 1. The lowest BCUT2D eigenvalue weighted by atomic mass is 10.2.